The highest BCUT2D eigenvalue weighted by Gasteiger charge is 2.10. The third-order valence-corrected chi connectivity index (χ3v) is 2.29. The molecule has 0 radical (unpaired) electrons. The van der Waals surface area contributed by atoms with E-state index in [2.05, 4.69) is 5.32 Å². The van der Waals surface area contributed by atoms with E-state index in [4.69, 9.17) is 15.9 Å². The Labute approximate surface area is 98.7 Å². The molecule has 6 nitrogen and oxygen atoms in total. The first kappa shape index (κ1) is 13.3. The second kappa shape index (κ2) is 6.07. The van der Waals surface area contributed by atoms with Gasteiger partial charge >= 0.3 is 0 Å². The summed E-state index contributed by atoms with van der Waals surface area (Å²) in [6.07, 6.45) is 0.498. The maximum atomic E-state index is 11.2. The second-order valence-electron chi connectivity index (χ2n) is 3.65. The summed E-state index contributed by atoms with van der Waals surface area (Å²) in [4.78, 5) is 11.2. The minimum Gasteiger partial charge on any atom is -0.504 e. The number of aliphatic hydroxyl groups excluding tert-OH is 1. The number of amides is 1. The van der Waals surface area contributed by atoms with Gasteiger partial charge in [-0.3, -0.25) is 4.79 Å². The number of aliphatic hydroxyl groups is 1. The zero-order valence-corrected chi connectivity index (χ0v) is 9.26. The van der Waals surface area contributed by atoms with Crippen LogP contribution in [0.4, 0.5) is 0 Å². The lowest BCUT2D eigenvalue weighted by atomic mass is 10.1. The molecule has 1 aromatic carbocycles. The highest BCUT2D eigenvalue weighted by Crippen LogP contribution is 2.24. The molecule has 0 aliphatic carbocycles. The van der Waals surface area contributed by atoms with Crippen molar-refractivity contribution in [3.8, 4) is 11.5 Å². The Morgan fingerprint density at radius 3 is 2.65 bits per heavy atom. The van der Waals surface area contributed by atoms with Crippen molar-refractivity contribution >= 4 is 5.91 Å². The normalized spacial score (nSPS) is 12.1. The van der Waals surface area contributed by atoms with E-state index in [1.807, 2.05) is 0 Å². The van der Waals surface area contributed by atoms with Gasteiger partial charge in [0.25, 0.3) is 0 Å². The van der Waals surface area contributed by atoms with Gasteiger partial charge in [-0.25, -0.2) is 0 Å². The molecule has 17 heavy (non-hydrogen) atoms. The summed E-state index contributed by atoms with van der Waals surface area (Å²) in [7, 11) is 0. The van der Waals surface area contributed by atoms with Crippen molar-refractivity contribution in [1.82, 2.24) is 5.32 Å². The predicted octanol–water partition coefficient (Wildman–Crippen LogP) is -0.924. The van der Waals surface area contributed by atoms with Crippen LogP contribution in [0.3, 0.4) is 0 Å². The van der Waals surface area contributed by atoms with Crippen LogP contribution in [-0.4, -0.2) is 40.4 Å². The molecule has 94 valence electrons. The number of hydrogen-bond acceptors (Lipinski definition) is 5. The van der Waals surface area contributed by atoms with Crippen molar-refractivity contribution in [3.63, 3.8) is 0 Å². The molecule has 1 unspecified atom stereocenters. The van der Waals surface area contributed by atoms with Crippen LogP contribution < -0.4 is 11.1 Å². The van der Waals surface area contributed by atoms with Crippen molar-refractivity contribution in [1.29, 1.82) is 0 Å². The van der Waals surface area contributed by atoms with E-state index in [0.717, 1.165) is 5.56 Å². The van der Waals surface area contributed by atoms with Gasteiger partial charge in [-0.2, -0.15) is 0 Å². The maximum absolute atomic E-state index is 11.2. The number of phenolic OH excluding ortho intramolecular Hbond substituents is 2. The van der Waals surface area contributed by atoms with Gasteiger partial charge in [0.15, 0.2) is 11.5 Å². The number of aromatic hydroxyl groups is 2. The van der Waals surface area contributed by atoms with E-state index in [0.29, 0.717) is 13.0 Å². The fourth-order valence-electron chi connectivity index (χ4n) is 1.27. The maximum Gasteiger partial charge on any atom is 0.239 e. The van der Waals surface area contributed by atoms with E-state index in [9.17, 15) is 9.90 Å². The van der Waals surface area contributed by atoms with E-state index in [1.165, 1.54) is 12.1 Å². The lowest BCUT2D eigenvalue weighted by Gasteiger charge is -2.09. The number of nitrogens with one attached hydrogen (secondary N) is 1. The van der Waals surface area contributed by atoms with Crippen LogP contribution in [0.2, 0.25) is 0 Å². The van der Waals surface area contributed by atoms with Crippen LogP contribution in [0.25, 0.3) is 0 Å². The van der Waals surface area contributed by atoms with Crippen LogP contribution in [0.1, 0.15) is 5.56 Å². The SMILES string of the molecule is NC(CO)C(=O)NCCc1ccc(O)c(O)c1. The van der Waals surface area contributed by atoms with Gasteiger partial charge in [0.2, 0.25) is 5.91 Å². The van der Waals surface area contributed by atoms with Crippen LogP contribution >= 0.6 is 0 Å². The minimum absolute atomic E-state index is 0.180. The number of rotatable bonds is 5. The Bertz CT molecular complexity index is 395. The van der Waals surface area contributed by atoms with Crippen molar-refractivity contribution in [3.05, 3.63) is 23.8 Å². The number of nitrogens with two attached hydrogens (primary N) is 1. The third-order valence-electron chi connectivity index (χ3n) is 2.29. The summed E-state index contributed by atoms with van der Waals surface area (Å²) in [5.41, 5.74) is 6.08. The lowest BCUT2D eigenvalue weighted by Crippen LogP contribution is -2.43. The first-order valence-corrected chi connectivity index (χ1v) is 5.19. The number of hydrogen-bond donors (Lipinski definition) is 5. The number of carbonyl (C=O) groups excluding carboxylic acids is 1. The molecule has 0 aliphatic heterocycles. The van der Waals surface area contributed by atoms with Gasteiger partial charge in [0.05, 0.1) is 6.61 Å². The summed E-state index contributed by atoms with van der Waals surface area (Å²) in [6, 6.07) is 3.54. The molecule has 0 saturated heterocycles. The van der Waals surface area contributed by atoms with Gasteiger partial charge in [-0.1, -0.05) is 6.07 Å². The summed E-state index contributed by atoms with van der Waals surface area (Å²) >= 11 is 0. The topological polar surface area (TPSA) is 116 Å². The molecule has 0 aliphatic rings. The second-order valence-corrected chi connectivity index (χ2v) is 3.65. The molecular weight excluding hydrogens is 224 g/mol. The molecule has 0 spiro atoms. The first-order chi connectivity index (χ1) is 8.04. The van der Waals surface area contributed by atoms with Gasteiger partial charge < -0.3 is 26.4 Å². The Morgan fingerprint density at radius 2 is 2.06 bits per heavy atom. The van der Waals surface area contributed by atoms with Crippen LogP contribution in [0.5, 0.6) is 11.5 Å². The van der Waals surface area contributed by atoms with E-state index in [-0.39, 0.29) is 11.5 Å². The average molecular weight is 240 g/mol. The quantitative estimate of drug-likeness (QED) is 0.427. The van der Waals surface area contributed by atoms with Crippen LogP contribution in [-0.2, 0) is 11.2 Å². The highest BCUT2D eigenvalue weighted by atomic mass is 16.3. The van der Waals surface area contributed by atoms with Gasteiger partial charge in [-0.15, -0.1) is 0 Å². The largest absolute Gasteiger partial charge is 0.504 e. The van der Waals surface area contributed by atoms with Gasteiger partial charge in [0, 0.05) is 6.54 Å². The monoisotopic (exact) mass is 240 g/mol. The number of phenols is 2. The Kier molecular flexibility index (Phi) is 4.74. The fraction of sp³-hybridized carbons (Fsp3) is 0.364. The zero-order valence-electron chi connectivity index (χ0n) is 9.26. The lowest BCUT2D eigenvalue weighted by molar-refractivity contribution is -0.123. The molecule has 1 atom stereocenters. The third kappa shape index (κ3) is 3.93. The number of benzene rings is 1. The van der Waals surface area contributed by atoms with Gasteiger partial charge in [-0.05, 0) is 24.1 Å². The molecule has 0 saturated carbocycles. The molecule has 1 amide bonds. The van der Waals surface area contributed by atoms with Gasteiger partial charge in [0.1, 0.15) is 6.04 Å². The molecule has 0 bridgehead atoms. The van der Waals surface area contributed by atoms with E-state index < -0.39 is 18.6 Å². The predicted molar refractivity (Wildman–Crippen MR) is 61.5 cm³/mol. The zero-order chi connectivity index (χ0) is 12.8. The Balaban J connectivity index is 2.41. The summed E-state index contributed by atoms with van der Waals surface area (Å²) in [5.74, 6) is -0.795. The standard InChI is InChI=1S/C11H16N2O4/c12-8(6-14)11(17)13-4-3-7-1-2-9(15)10(16)5-7/h1-2,5,8,14-16H,3-4,6,12H2,(H,13,17). The number of carbonyl (C=O) groups is 1. The molecule has 0 aromatic heterocycles. The average Bonchev–Trinajstić information content (AvgIpc) is 2.32. The summed E-state index contributed by atoms with van der Waals surface area (Å²) in [6.45, 7) is -0.0530. The molecular formula is C11H16N2O4. The smallest absolute Gasteiger partial charge is 0.239 e. The first-order valence-electron chi connectivity index (χ1n) is 5.19. The minimum atomic E-state index is -0.914. The van der Waals surface area contributed by atoms with Crippen molar-refractivity contribution in [2.75, 3.05) is 13.2 Å². The fourth-order valence-corrected chi connectivity index (χ4v) is 1.27. The van der Waals surface area contributed by atoms with Crippen LogP contribution in [0.15, 0.2) is 18.2 Å². The summed E-state index contributed by atoms with van der Waals surface area (Å²) in [5, 5.41) is 29.5. The summed E-state index contributed by atoms with van der Waals surface area (Å²) < 4.78 is 0. The molecule has 0 fully saturated rings. The molecule has 0 heterocycles. The van der Waals surface area contributed by atoms with E-state index >= 15 is 0 Å². The van der Waals surface area contributed by atoms with Crippen molar-refractivity contribution < 1.29 is 20.1 Å². The highest BCUT2D eigenvalue weighted by molar-refractivity contribution is 5.81. The molecule has 1 aromatic rings. The van der Waals surface area contributed by atoms with Crippen molar-refractivity contribution in [2.24, 2.45) is 5.73 Å². The molecule has 6 N–H and O–H groups in total. The van der Waals surface area contributed by atoms with E-state index in [1.54, 1.807) is 6.07 Å². The Hall–Kier alpha value is -1.79. The molecule has 1 rings (SSSR count). The van der Waals surface area contributed by atoms with Crippen LogP contribution in [0, 0.1) is 0 Å². The Morgan fingerprint density at radius 1 is 1.35 bits per heavy atom. The molecule has 6 heteroatoms. The van der Waals surface area contributed by atoms with Crippen molar-refractivity contribution in [2.45, 2.75) is 12.5 Å².